The molecule has 0 radical (unpaired) electrons. The van der Waals surface area contributed by atoms with Gasteiger partial charge in [0.25, 0.3) is 0 Å². The number of aromatic nitrogens is 1. The van der Waals surface area contributed by atoms with Crippen molar-refractivity contribution in [3.05, 3.63) is 21.7 Å². The molecule has 6 heteroatoms. The Morgan fingerprint density at radius 1 is 1.44 bits per heavy atom. The summed E-state index contributed by atoms with van der Waals surface area (Å²) < 4.78 is 9.42. The van der Waals surface area contributed by atoms with Gasteiger partial charge in [-0.3, -0.25) is 4.79 Å². The van der Waals surface area contributed by atoms with Gasteiger partial charge >= 0.3 is 11.9 Å². The van der Waals surface area contributed by atoms with E-state index in [0.717, 1.165) is 0 Å². The summed E-state index contributed by atoms with van der Waals surface area (Å²) in [5.41, 5.74) is 0.635. The molecule has 1 aromatic rings. The summed E-state index contributed by atoms with van der Waals surface area (Å²) in [5, 5.41) is 0.666. The van der Waals surface area contributed by atoms with Crippen molar-refractivity contribution in [1.82, 2.24) is 4.98 Å². The number of hydrogen-bond acceptors (Lipinski definition) is 6. The highest BCUT2D eigenvalue weighted by molar-refractivity contribution is 7.14. The van der Waals surface area contributed by atoms with Crippen LogP contribution in [0.5, 0.6) is 0 Å². The smallest absolute Gasteiger partial charge is 0.350 e. The van der Waals surface area contributed by atoms with Crippen LogP contribution in [0.15, 0.2) is 6.08 Å². The average molecular weight is 269 g/mol. The number of carbonyl (C=O) groups is 2. The summed E-state index contributed by atoms with van der Waals surface area (Å²) in [6, 6.07) is 0. The molecule has 0 aliphatic rings. The van der Waals surface area contributed by atoms with Crippen LogP contribution in [-0.4, -0.2) is 30.6 Å². The van der Waals surface area contributed by atoms with Crippen molar-refractivity contribution >= 4 is 29.4 Å². The Bertz CT molecular complexity index is 465. The van der Waals surface area contributed by atoms with E-state index in [9.17, 15) is 9.59 Å². The molecule has 0 fully saturated rings. The molecule has 1 heterocycles. The fourth-order valence-corrected chi connectivity index (χ4v) is 2.11. The lowest BCUT2D eigenvalue weighted by atomic mass is 10.4. The summed E-state index contributed by atoms with van der Waals surface area (Å²) in [6.07, 6.45) is 3.53. The number of carbonyl (C=O) groups excluding carboxylic acids is 2. The first-order chi connectivity index (χ1) is 8.58. The number of methoxy groups -OCH3 is 1. The highest BCUT2D eigenvalue weighted by atomic mass is 32.1. The first-order valence-electron chi connectivity index (χ1n) is 5.46. The van der Waals surface area contributed by atoms with Crippen molar-refractivity contribution in [2.75, 3.05) is 13.7 Å². The van der Waals surface area contributed by atoms with Gasteiger partial charge in [0.2, 0.25) is 0 Å². The van der Waals surface area contributed by atoms with E-state index >= 15 is 0 Å². The lowest BCUT2D eigenvalue weighted by Crippen LogP contribution is -2.03. The summed E-state index contributed by atoms with van der Waals surface area (Å²) in [5.74, 6) is -0.676. The van der Waals surface area contributed by atoms with Crippen LogP contribution in [0, 0.1) is 6.92 Å². The molecule has 0 aliphatic heterocycles. The van der Waals surface area contributed by atoms with E-state index in [0.29, 0.717) is 22.2 Å². The first kappa shape index (κ1) is 14.4. The van der Waals surface area contributed by atoms with Gasteiger partial charge in [0.1, 0.15) is 9.88 Å². The van der Waals surface area contributed by atoms with E-state index in [1.807, 2.05) is 0 Å². The van der Waals surface area contributed by atoms with Crippen molar-refractivity contribution in [1.29, 1.82) is 0 Å². The van der Waals surface area contributed by atoms with Gasteiger partial charge in [-0.25, -0.2) is 9.78 Å². The summed E-state index contributed by atoms with van der Waals surface area (Å²) >= 11 is 1.24. The van der Waals surface area contributed by atoms with Crippen LogP contribution in [0.4, 0.5) is 0 Å². The Morgan fingerprint density at radius 3 is 2.78 bits per heavy atom. The second-order valence-electron chi connectivity index (χ2n) is 3.37. The van der Waals surface area contributed by atoms with Crippen LogP contribution in [0.1, 0.15) is 33.7 Å². The Labute approximate surface area is 109 Å². The van der Waals surface area contributed by atoms with Crippen LogP contribution >= 0.6 is 11.3 Å². The molecule has 0 aliphatic carbocycles. The summed E-state index contributed by atoms with van der Waals surface area (Å²) in [4.78, 5) is 27.2. The fraction of sp³-hybridized carbons (Fsp3) is 0.417. The zero-order valence-corrected chi connectivity index (χ0v) is 11.4. The lowest BCUT2D eigenvalue weighted by Gasteiger charge is -1.97. The maximum Gasteiger partial charge on any atom is 0.350 e. The maximum atomic E-state index is 11.6. The quantitative estimate of drug-likeness (QED) is 0.767. The molecule has 0 aromatic carbocycles. The summed E-state index contributed by atoms with van der Waals surface area (Å²) in [6.45, 7) is 3.84. The molecule has 18 heavy (non-hydrogen) atoms. The minimum Gasteiger partial charge on any atom is -0.469 e. The average Bonchev–Trinajstić information content (AvgIpc) is 2.70. The largest absolute Gasteiger partial charge is 0.469 e. The Morgan fingerprint density at radius 2 is 2.17 bits per heavy atom. The zero-order chi connectivity index (χ0) is 13.5. The molecule has 1 rings (SSSR count). The van der Waals surface area contributed by atoms with Gasteiger partial charge in [0.15, 0.2) is 0 Å². The molecule has 1 aromatic heterocycles. The molecule has 98 valence electrons. The number of nitrogens with zero attached hydrogens (tertiary/aromatic N) is 1. The topological polar surface area (TPSA) is 65.5 Å². The van der Waals surface area contributed by atoms with Crippen molar-refractivity contribution in [2.24, 2.45) is 0 Å². The molecular weight excluding hydrogens is 254 g/mol. The van der Waals surface area contributed by atoms with Gasteiger partial charge in [0.05, 0.1) is 25.8 Å². The second kappa shape index (κ2) is 6.90. The Hall–Kier alpha value is -1.69. The van der Waals surface area contributed by atoms with E-state index in [1.54, 1.807) is 26.0 Å². The molecule has 0 amide bonds. The number of rotatable bonds is 5. The minimum atomic E-state index is -0.361. The zero-order valence-electron chi connectivity index (χ0n) is 10.6. The number of ether oxygens (including phenoxy) is 2. The monoisotopic (exact) mass is 269 g/mol. The lowest BCUT2D eigenvalue weighted by molar-refractivity contribution is -0.139. The van der Waals surface area contributed by atoms with Gasteiger partial charge in [-0.1, -0.05) is 6.08 Å². The van der Waals surface area contributed by atoms with E-state index in [4.69, 9.17) is 4.74 Å². The number of esters is 2. The van der Waals surface area contributed by atoms with Crippen molar-refractivity contribution in [3.63, 3.8) is 0 Å². The second-order valence-corrected chi connectivity index (χ2v) is 4.40. The predicted octanol–water partition coefficient (Wildman–Crippen LogP) is 2.20. The van der Waals surface area contributed by atoms with Crippen LogP contribution in [0.3, 0.4) is 0 Å². The minimum absolute atomic E-state index is 0.184. The molecule has 0 saturated carbocycles. The molecular formula is C12H15NO4S. The van der Waals surface area contributed by atoms with E-state index in [1.165, 1.54) is 18.4 Å². The van der Waals surface area contributed by atoms with Crippen molar-refractivity contribution in [3.8, 4) is 0 Å². The van der Waals surface area contributed by atoms with Crippen LogP contribution in [0.25, 0.3) is 6.08 Å². The highest BCUT2D eigenvalue weighted by Crippen LogP contribution is 2.20. The molecule has 0 N–H and O–H groups in total. The van der Waals surface area contributed by atoms with Gasteiger partial charge < -0.3 is 9.47 Å². The molecule has 0 atom stereocenters. The molecule has 0 unspecified atom stereocenters. The number of hydrogen-bond donors (Lipinski definition) is 0. The van der Waals surface area contributed by atoms with Gasteiger partial charge in [-0.05, 0) is 19.9 Å². The third kappa shape index (κ3) is 3.96. The van der Waals surface area contributed by atoms with Crippen molar-refractivity contribution in [2.45, 2.75) is 20.3 Å². The van der Waals surface area contributed by atoms with E-state index in [2.05, 4.69) is 9.72 Å². The van der Waals surface area contributed by atoms with E-state index < -0.39 is 0 Å². The number of aryl methyl sites for hydroxylation is 1. The van der Waals surface area contributed by atoms with Crippen molar-refractivity contribution < 1.29 is 19.1 Å². The van der Waals surface area contributed by atoms with E-state index in [-0.39, 0.29) is 18.4 Å². The molecule has 0 spiro atoms. The standard InChI is InChI=1S/C12H15NO4S/c1-4-17-12(15)11-8(2)13-9(18-11)6-5-7-10(14)16-3/h5-6H,4,7H2,1-3H3. The third-order valence-electron chi connectivity index (χ3n) is 2.05. The van der Waals surface area contributed by atoms with Gasteiger partial charge in [-0.2, -0.15) is 0 Å². The predicted molar refractivity (Wildman–Crippen MR) is 68.5 cm³/mol. The normalized spacial score (nSPS) is 10.6. The molecule has 5 nitrogen and oxygen atoms in total. The van der Waals surface area contributed by atoms with Crippen LogP contribution in [-0.2, 0) is 14.3 Å². The van der Waals surface area contributed by atoms with Gasteiger partial charge in [0, 0.05) is 0 Å². The Balaban J connectivity index is 2.72. The van der Waals surface area contributed by atoms with Gasteiger partial charge in [-0.15, -0.1) is 11.3 Å². The Kier molecular flexibility index (Phi) is 5.51. The van der Waals surface area contributed by atoms with Crippen LogP contribution in [0.2, 0.25) is 0 Å². The highest BCUT2D eigenvalue weighted by Gasteiger charge is 2.14. The van der Waals surface area contributed by atoms with Crippen LogP contribution < -0.4 is 0 Å². The SMILES string of the molecule is CCOC(=O)c1sc(C=CCC(=O)OC)nc1C. The fourth-order valence-electron chi connectivity index (χ4n) is 1.21. The molecule has 0 saturated heterocycles. The summed E-state index contributed by atoms with van der Waals surface area (Å²) in [7, 11) is 1.34. The maximum absolute atomic E-state index is 11.6. The third-order valence-corrected chi connectivity index (χ3v) is 3.15. The number of thiazole rings is 1. The molecule has 0 bridgehead atoms. The first-order valence-corrected chi connectivity index (χ1v) is 6.28.